The Kier molecular flexibility index (Phi) is 3.85. The van der Waals surface area contributed by atoms with Crippen molar-refractivity contribution < 1.29 is 31.1 Å². The van der Waals surface area contributed by atoms with Gasteiger partial charge in [0, 0.05) is 6.42 Å². The Morgan fingerprint density at radius 2 is 1.71 bits per heavy atom. The van der Waals surface area contributed by atoms with Crippen molar-refractivity contribution >= 4 is 17.1 Å². The Labute approximate surface area is 96.1 Å². The van der Waals surface area contributed by atoms with Crippen LogP contribution in [0.25, 0.3) is 0 Å². The summed E-state index contributed by atoms with van der Waals surface area (Å²) in [7, 11) is 0. The van der Waals surface area contributed by atoms with Gasteiger partial charge in [-0.3, -0.25) is 4.79 Å². The lowest BCUT2D eigenvalue weighted by Crippen LogP contribution is -2.37. The number of ketones is 1. The monoisotopic (exact) mass is 276 g/mol. The van der Waals surface area contributed by atoms with Crippen LogP contribution >= 0.6 is 11.3 Å². The number of rotatable bonds is 3. The Hall–Kier alpha value is -1.05. The fourth-order valence-electron chi connectivity index (χ4n) is 1.14. The average molecular weight is 276 g/mol. The van der Waals surface area contributed by atoms with Crippen molar-refractivity contribution in [2.75, 3.05) is 0 Å². The van der Waals surface area contributed by atoms with Crippen molar-refractivity contribution in [1.29, 1.82) is 0 Å². The lowest BCUT2D eigenvalue weighted by atomic mass is 10.0. The van der Waals surface area contributed by atoms with Crippen LogP contribution in [0.2, 0.25) is 0 Å². The van der Waals surface area contributed by atoms with E-state index in [0.717, 1.165) is 11.3 Å². The highest BCUT2D eigenvalue weighted by atomic mass is 32.1. The van der Waals surface area contributed by atoms with Crippen LogP contribution in [-0.2, 0) is 0 Å². The quantitative estimate of drug-likeness (QED) is 0.601. The van der Waals surface area contributed by atoms with Crippen LogP contribution in [0.4, 0.5) is 26.3 Å². The van der Waals surface area contributed by atoms with E-state index in [1.54, 1.807) is 0 Å². The molecule has 0 amide bonds. The summed E-state index contributed by atoms with van der Waals surface area (Å²) >= 11 is 0.810. The number of thiophene rings is 1. The third kappa shape index (κ3) is 3.72. The minimum atomic E-state index is -5.47. The number of carbonyl (C=O) groups excluding carboxylic acids is 1. The van der Waals surface area contributed by atoms with Gasteiger partial charge < -0.3 is 0 Å². The molecule has 0 saturated carbocycles. The maximum Gasteiger partial charge on any atom is 0.400 e. The summed E-state index contributed by atoms with van der Waals surface area (Å²) in [5.74, 6) is -4.76. The molecule has 0 fully saturated rings. The summed E-state index contributed by atoms with van der Waals surface area (Å²) in [5.41, 5.74) is 0. The van der Waals surface area contributed by atoms with E-state index in [2.05, 4.69) is 0 Å². The molecule has 1 heterocycles. The smallest absolute Gasteiger partial charge is 0.293 e. The van der Waals surface area contributed by atoms with Gasteiger partial charge in [0.2, 0.25) is 0 Å². The van der Waals surface area contributed by atoms with E-state index in [-0.39, 0.29) is 4.88 Å². The normalized spacial score (nSPS) is 13.1. The topological polar surface area (TPSA) is 17.1 Å². The molecule has 0 unspecified atom stereocenters. The molecule has 1 aromatic rings. The van der Waals surface area contributed by atoms with E-state index in [0.29, 0.717) is 0 Å². The molecule has 1 aromatic heterocycles. The Balaban J connectivity index is 2.85. The molecule has 0 aliphatic heterocycles. The van der Waals surface area contributed by atoms with Crippen LogP contribution in [-0.4, -0.2) is 18.1 Å². The Morgan fingerprint density at radius 3 is 2.06 bits per heavy atom. The third-order valence-electron chi connectivity index (χ3n) is 1.98. The van der Waals surface area contributed by atoms with Crippen LogP contribution in [0.3, 0.4) is 0 Å². The lowest BCUT2D eigenvalue weighted by molar-refractivity contribution is -0.282. The number of Topliss-reactive ketones (excluding diaryl/α,β-unsaturated/α-hetero) is 1. The number of hydrogen-bond donors (Lipinski definition) is 0. The minimum Gasteiger partial charge on any atom is -0.293 e. The molecule has 0 aliphatic rings. The fraction of sp³-hybridized carbons (Fsp3) is 0.444. The molecule has 1 rings (SSSR count). The Bertz CT molecular complexity index is 363. The molecule has 8 heteroatoms. The van der Waals surface area contributed by atoms with Crippen molar-refractivity contribution in [3.8, 4) is 0 Å². The molecule has 0 N–H and O–H groups in total. The Morgan fingerprint density at radius 1 is 1.18 bits per heavy atom. The molecule has 0 bridgehead atoms. The van der Waals surface area contributed by atoms with Crippen LogP contribution in [0.1, 0.15) is 16.1 Å². The van der Waals surface area contributed by atoms with Gasteiger partial charge in [0.15, 0.2) is 11.7 Å². The molecule has 0 spiro atoms. The zero-order chi connectivity index (χ0) is 13.3. The first-order chi connectivity index (χ1) is 7.62. The second-order valence-corrected chi connectivity index (χ2v) is 4.19. The van der Waals surface area contributed by atoms with Gasteiger partial charge in [-0.25, -0.2) is 0 Å². The molecule has 1 nitrogen and oxygen atoms in total. The number of halogens is 6. The predicted molar refractivity (Wildman–Crippen MR) is 48.9 cm³/mol. The summed E-state index contributed by atoms with van der Waals surface area (Å²) in [6, 6.07) is 2.57. The fourth-order valence-corrected chi connectivity index (χ4v) is 1.82. The maximum atomic E-state index is 12.1. The molecular formula is C9H6F6OS. The molecule has 0 atom stereocenters. The summed E-state index contributed by atoms with van der Waals surface area (Å²) in [6.07, 6.45) is -12.5. The number of alkyl halides is 6. The van der Waals surface area contributed by atoms with Gasteiger partial charge in [-0.1, -0.05) is 6.07 Å². The summed E-state index contributed by atoms with van der Waals surface area (Å²) < 4.78 is 72.9. The summed E-state index contributed by atoms with van der Waals surface area (Å²) in [4.78, 5) is 11.1. The van der Waals surface area contributed by atoms with Crippen LogP contribution in [0, 0.1) is 5.92 Å². The molecule has 0 radical (unpaired) electrons. The SMILES string of the molecule is O=C(CC(C(F)(F)F)C(F)(F)F)c1cccs1. The minimum absolute atomic E-state index is 0.108. The van der Waals surface area contributed by atoms with Gasteiger partial charge >= 0.3 is 12.4 Å². The summed E-state index contributed by atoms with van der Waals surface area (Å²) in [5, 5.41) is 1.41. The van der Waals surface area contributed by atoms with E-state index in [9.17, 15) is 31.1 Å². The van der Waals surface area contributed by atoms with Gasteiger partial charge in [0.05, 0.1) is 4.88 Å². The molecule has 0 aliphatic carbocycles. The zero-order valence-electron chi connectivity index (χ0n) is 8.10. The van der Waals surface area contributed by atoms with Gasteiger partial charge in [0.1, 0.15) is 0 Å². The highest BCUT2D eigenvalue weighted by Gasteiger charge is 2.57. The molecule has 0 saturated heterocycles. The second kappa shape index (κ2) is 4.67. The van der Waals surface area contributed by atoms with Crippen molar-refractivity contribution in [2.24, 2.45) is 5.92 Å². The average Bonchev–Trinajstić information content (AvgIpc) is 2.62. The van der Waals surface area contributed by atoms with E-state index in [4.69, 9.17) is 0 Å². The first-order valence-electron chi connectivity index (χ1n) is 4.32. The highest BCUT2D eigenvalue weighted by Crippen LogP contribution is 2.42. The molecule has 17 heavy (non-hydrogen) atoms. The van der Waals surface area contributed by atoms with E-state index >= 15 is 0 Å². The first kappa shape index (κ1) is 14.0. The third-order valence-corrected chi connectivity index (χ3v) is 2.89. The van der Waals surface area contributed by atoms with Crippen LogP contribution < -0.4 is 0 Å². The molecule has 96 valence electrons. The zero-order valence-corrected chi connectivity index (χ0v) is 8.92. The van der Waals surface area contributed by atoms with Crippen LogP contribution in [0.5, 0.6) is 0 Å². The van der Waals surface area contributed by atoms with Crippen LogP contribution in [0.15, 0.2) is 17.5 Å². The van der Waals surface area contributed by atoms with E-state index < -0.39 is 30.5 Å². The van der Waals surface area contributed by atoms with Crippen molar-refractivity contribution in [1.82, 2.24) is 0 Å². The van der Waals surface area contributed by atoms with Gasteiger partial charge in [-0.2, -0.15) is 26.3 Å². The second-order valence-electron chi connectivity index (χ2n) is 3.24. The largest absolute Gasteiger partial charge is 0.400 e. The van der Waals surface area contributed by atoms with E-state index in [1.165, 1.54) is 17.5 Å². The first-order valence-corrected chi connectivity index (χ1v) is 5.20. The lowest BCUT2D eigenvalue weighted by Gasteiger charge is -2.21. The summed E-state index contributed by atoms with van der Waals surface area (Å²) in [6.45, 7) is 0. The van der Waals surface area contributed by atoms with Gasteiger partial charge in [-0.15, -0.1) is 11.3 Å². The number of hydrogen-bond acceptors (Lipinski definition) is 2. The van der Waals surface area contributed by atoms with Crippen molar-refractivity contribution in [3.63, 3.8) is 0 Å². The predicted octanol–water partition coefficient (Wildman–Crippen LogP) is 4.06. The standard InChI is InChI=1S/C9H6F6OS/c10-8(11,12)7(9(13,14)15)4-5(16)6-2-1-3-17-6/h1-3,7H,4H2. The van der Waals surface area contributed by atoms with Gasteiger partial charge in [0.25, 0.3) is 0 Å². The van der Waals surface area contributed by atoms with Gasteiger partial charge in [-0.05, 0) is 11.4 Å². The highest BCUT2D eigenvalue weighted by molar-refractivity contribution is 7.12. The molecule has 0 aromatic carbocycles. The maximum absolute atomic E-state index is 12.1. The van der Waals surface area contributed by atoms with E-state index in [1.807, 2.05) is 0 Å². The van der Waals surface area contributed by atoms with Crippen molar-refractivity contribution in [2.45, 2.75) is 18.8 Å². The van der Waals surface area contributed by atoms with Crippen molar-refractivity contribution in [3.05, 3.63) is 22.4 Å². The molecular weight excluding hydrogens is 270 g/mol. The number of carbonyl (C=O) groups is 1.